The Bertz CT molecular complexity index is 172. The van der Waals surface area contributed by atoms with E-state index in [2.05, 4.69) is 0 Å². The zero-order valence-corrected chi connectivity index (χ0v) is 7.02. The number of alkyl halides is 3. The summed E-state index contributed by atoms with van der Waals surface area (Å²) in [6.07, 6.45) is -4.49. The van der Waals surface area contributed by atoms with E-state index in [0.717, 1.165) is 0 Å². The first-order chi connectivity index (χ1) is 5.26. The van der Waals surface area contributed by atoms with Gasteiger partial charge < -0.3 is 5.11 Å². The molecular formula is C7H12F3NO. The van der Waals surface area contributed by atoms with E-state index in [4.69, 9.17) is 5.11 Å². The summed E-state index contributed by atoms with van der Waals surface area (Å²) in [5.41, 5.74) is -2.46. The van der Waals surface area contributed by atoms with Gasteiger partial charge >= 0.3 is 6.18 Å². The molecule has 0 atom stereocenters. The maximum atomic E-state index is 12.0. The third kappa shape index (κ3) is 1.43. The molecule has 0 unspecified atom stereocenters. The van der Waals surface area contributed by atoms with Crippen LogP contribution in [-0.4, -0.2) is 40.9 Å². The molecule has 1 saturated heterocycles. The minimum Gasteiger partial charge on any atom is -0.378 e. The highest BCUT2D eigenvalue weighted by atomic mass is 19.4. The van der Waals surface area contributed by atoms with Gasteiger partial charge in [0.25, 0.3) is 0 Å². The zero-order valence-electron chi connectivity index (χ0n) is 7.02. The number of halogens is 3. The van der Waals surface area contributed by atoms with E-state index >= 15 is 0 Å². The molecule has 72 valence electrons. The second kappa shape index (κ2) is 2.60. The van der Waals surface area contributed by atoms with Crippen LogP contribution in [0, 0.1) is 0 Å². The monoisotopic (exact) mass is 183 g/mol. The Kier molecular flexibility index (Phi) is 2.12. The van der Waals surface area contributed by atoms with Gasteiger partial charge in [-0.2, -0.15) is 13.2 Å². The molecule has 1 fully saturated rings. The van der Waals surface area contributed by atoms with Gasteiger partial charge in [-0.3, -0.25) is 4.90 Å². The van der Waals surface area contributed by atoms with Crippen LogP contribution in [0.5, 0.6) is 0 Å². The molecule has 0 aromatic heterocycles. The predicted molar refractivity (Wildman–Crippen MR) is 37.7 cm³/mol. The highest BCUT2D eigenvalue weighted by Crippen LogP contribution is 2.38. The molecule has 0 saturated carbocycles. The predicted octanol–water partition coefficient (Wildman–Crippen LogP) is 1.00. The normalized spacial score (nSPS) is 24.2. The summed E-state index contributed by atoms with van der Waals surface area (Å²) in [6.45, 7) is 3.01. The largest absolute Gasteiger partial charge is 0.419 e. The second-order valence-corrected chi connectivity index (χ2v) is 3.53. The molecule has 0 aromatic carbocycles. The Morgan fingerprint density at radius 2 is 1.75 bits per heavy atom. The Morgan fingerprint density at radius 1 is 1.33 bits per heavy atom. The van der Waals surface area contributed by atoms with E-state index in [9.17, 15) is 13.2 Å². The summed E-state index contributed by atoms with van der Waals surface area (Å²) in [5, 5.41) is 9.00. The SMILES string of the molecule is CC(C)N1CC(O)(C(F)(F)F)C1. The number of aliphatic hydroxyl groups is 1. The Hall–Kier alpha value is -0.290. The van der Waals surface area contributed by atoms with E-state index in [0.29, 0.717) is 0 Å². The van der Waals surface area contributed by atoms with Crippen molar-refractivity contribution in [1.29, 1.82) is 0 Å². The quantitative estimate of drug-likeness (QED) is 0.655. The van der Waals surface area contributed by atoms with E-state index < -0.39 is 11.8 Å². The molecule has 12 heavy (non-hydrogen) atoms. The number of hydrogen-bond acceptors (Lipinski definition) is 2. The lowest BCUT2D eigenvalue weighted by Gasteiger charge is -2.48. The smallest absolute Gasteiger partial charge is 0.378 e. The summed E-state index contributed by atoms with van der Waals surface area (Å²) >= 11 is 0. The third-order valence-corrected chi connectivity index (χ3v) is 2.19. The molecule has 1 aliphatic heterocycles. The molecule has 0 radical (unpaired) electrons. The van der Waals surface area contributed by atoms with Crippen LogP contribution in [0.25, 0.3) is 0 Å². The van der Waals surface area contributed by atoms with Crippen molar-refractivity contribution in [2.75, 3.05) is 13.1 Å². The van der Waals surface area contributed by atoms with Gasteiger partial charge in [-0.25, -0.2) is 0 Å². The van der Waals surface area contributed by atoms with Crippen LogP contribution < -0.4 is 0 Å². The first kappa shape index (κ1) is 9.80. The van der Waals surface area contributed by atoms with Gasteiger partial charge in [0.15, 0.2) is 5.60 Å². The summed E-state index contributed by atoms with van der Waals surface area (Å²) in [4.78, 5) is 1.58. The second-order valence-electron chi connectivity index (χ2n) is 3.53. The van der Waals surface area contributed by atoms with Crippen LogP contribution in [0.3, 0.4) is 0 Å². The fourth-order valence-corrected chi connectivity index (χ4v) is 1.17. The van der Waals surface area contributed by atoms with Crippen molar-refractivity contribution in [3.8, 4) is 0 Å². The van der Waals surface area contributed by atoms with Crippen LogP contribution in [0.4, 0.5) is 13.2 Å². The molecular weight excluding hydrogens is 171 g/mol. The van der Waals surface area contributed by atoms with Crippen molar-refractivity contribution in [2.45, 2.75) is 31.7 Å². The van der Waals surface area contributed by atoms with Gasteiger partial charge in [0.2, 0.25) is 0 Å². The van der Waals surface area contributed by atoms with Crippen LogP contribution in [0.1, 0.15) is 13.8 Å². The number of rotatable bonds is 1. The molecule has 0 aromatic rings. The number of β-amino-alcohol motifs (C(OH)–C–C–N with tert-alkyl or cyclic N) is 1. The molecule has 1 N–H and O–H groups in total. The first-order valence-electron chi connectivity index (χ1n) is 3.79. The van der Waals surface area contributed by atoms with Gasteiger partial charge in [0.05, 0.1) is 0 Å². The summed E-state index contributed by atoms with van der Waals surface area (Å²) in [7, 11) is 0. The van der Waals surface area contributed by atoms with Gasteiger partial charge in [-0.1, -0.05) is 0 Å². The summed E-state index contributed by atoms with van der Waals surface area (Å²) in [5.74, 6) is 0. The third-order valence-electron chi connectivity index (χ3n) is 2.19. The summed E-state index contributed by atoms with van der Waals surface area (Å²) in [6, 6.07) is 0.0626. The van der Waals surface area contributed by atoms with Gasteiger partial charge in [0, 0.05) is 19.1 Å². The average Bonchev–Trinajstić information content (AvgIpc) is 1.77. The highest BCUT2D eigenvalue weighted by molar-refractivity contribution is 5.01. The Morgan fingerprint density at radius 3 is 2.00 bits per heavy atom. The van der Waals surface area contributed by atoms with E-state index in [1.54, 1.807) is 18.7 Å². The first-order valence-corrected chi connectivity index (χ1v) is 3.79. The van der Waals surface area contributed by atoms with Crippen molar-refractivity contribution in [3.63, 3.8) is 0 Å². The van der Waals surface area contributed by atoms with Crippen LogP contribution in [0.15, 0.2) is 0 Å². The number of nitrogens with zero attached hydrogens (tertiary/aromatic N) is 1. The molecule has 2 nitrogen and oxygen atoms in total. The number of likely N-dealkylation sites (tertiary alicyclic amines) is 1. The lowest BCUT2D eigenvalue weighted by Crippen LogP contribution is -2.70. The Balaban J connectivity index is 2.51. The maximum absolute atomic E-state index is 12.0. The topological polar surface area (TPSA) is 23.5 Å². The van der Waals surface area contributed by atoms with Crippen molar-refractivity contribution in [1.82, 2.24) is 4.90 Å². The van der Waals surface area contributed by atoms with Crippen LogP contribution in [-0.2, 0) is 0 Å². The molecule has 0 bridgehead atoms. The fourth-order valence-electron chi connectivity index (χ4n) is 1.17. The van der Waals surface area contributed by atoms with Gasteiger partial charge in [-0.05, 0) is 13.8 Å². The van der Waals surface area contributed by atoms with Crippen LogP contribution in [0.2, 0.25) is 0 Å². The van der Waals surface area contributed by atoms with Gasteiger partial charge in [-0.15, -0.1) is 0 Å². The minimum absolute atomic E-state index is 0.0626. The van der Waals surface area contributed by atoms with Crippen LogP contribution >= 0.6 is 0 Å². The summed E-state index contributed by atoms with van der Waals surface area (Å²) < 4.78 is 36.1. The molecule has 0 aliphatic carbocycles. The lowest BCUT2D eigenvalue weighted by molar-refractivity contribution is -0.304. The molecule has 0 amide bonds. The van der Waals surface area contributed by atoms with E-state index in [-0.39, 0.29) is 19.1 Å². The van der Waals surface area contributed by atoms with Crippen molar-refractivity contribution in [3.05, 3.63) is 0 Å². The zero-order chi connectivity index (χ0) is 9.57. The van der Waals surface area contributed by atoms with Crippen molar-refractivity contribution < 1.29 is 18.3 Å². The standard InChI is InChI=1S/C7H12F3NO/c1-5(2)11-3-6(12,4-11)7(8,9)10/h5,12H,3-4H2,1-2H3. The fraction of sp³-hybridized carbons (Fsp3) is 1.00. The minimum atomic E-state index is -4.49. The van der Waals surface area contributed by atoms with E-state index in [1.165, 1.54) is 0 Å². The molecule has 1 aliphatic rings. The molecule has 1 heterocycles. The van der Waals surface area contributed by atoms with Gasteiger partial charge in [0.1, 0.15) is 0 Å². The highest BCUT2D eigenvalue weighted by Gasteiger charge is 2.61. The Labute approximate surface area is 69.0 Å². The lowest BCUT2D eigenvalue weighted by atomic mass is 9.92. The maximum Gasteiger partial charge on any atom is 0.419 e. The molecule has 1 rings (SSSR count). The number of hydrogen-bond donors (Lipinski definition) is 1. The van der Waals surface area contributed by atoms with Crippen molar-refractivity contribution >= 4 is 0 Å². The van der Waals surface area contributed by atoms with E-state index in [1.807, 2.05) is 0 Å². The molecule has 0 spiro atoms. The average molecular weight is 183 g/mol. The van der Waals surface area contributed by atoms with Crippen molar-refractivity contribution in [2.24, 2.45) is 0 Å². The molecule has 5 heteroatoms.